The molecule has 1 spiro atoms. The van der Waals surface area contributed by atoms with E-state index in [0.717, 1.165) is 25.7 Å². The Kier molecular flexibility index (Phi) is 5.89. The van der Waals surface area contributed by atoms with Gasteiger partial charge < -0.3 is 14.8 Å². The number of carbonyl (C=O) groups excluding carboxylic acids is 1. The molecule has 0 saturated heterocycles. The molecule has 1 aliphatic heterocycles. The number of halogens is 1. The first-order chi connectivity index (χ1) is 14.7. The molecule has 0 atom stereocenters. The summed E-state index contributed by atoms with van der Waals surface area (Å²) in [6.45, 7) is 3.44. The number of fused-ring (bicyclic) bond motifs is 1. The standard InChI is InChI=1S/C22H25ClN2O5S/c1-14(2)25-31(27,28)16-7-8-18(23)17(13-16)21(26)24-15-6-9-19-20(12-15)30-22(29-19)10-4-3-5-11-22/h6-9,12-14,25H,3-5,10-11H2,1-2H3,(H,24,26). The Balaban J connectivity index is 1.53. The molecule has 2 N–H and O–H groups in total. The first kappa shape index (κ1) is 21.9. The molecule has 2 aromatic rings. The van der Waals surface area contributed by atoms with Gasteiger partial charge in [-0.3, -0.25) is 4.79 Å². The van der Waals surface area contributed by atoms with Crippen LogP contribution in [0, 0.1) is 0 Å². The molecule has 4 rings (SSSR count). The Bertz CT molecular complexity index is 1110. The highest BCUT2D eigenvalue weighted by molar-refractivity contribution is 7.89. The van der Waals surface area contributed by atoms with E-state index < -0.39 is 21.7 Å². The molecule has 0 radical (unpaired) electrons. The highest BCUT2D eigenvalue weighted by atomic mass is 35.5. The van der Waals surface area contributed by atoms with E-state index in [0.29, 0.717) is 17.2 Å². The topological polar surface area (TPSA) is 93.7 Å². The van der Waals surface area contributed by atoms with Gasteiger partial charge in [0.2, 0.25) is 10.0 Å². The van der Waals surface area contributed by atoms with Crippen LogP contribution in [-0.4, -0.2) is 26.2 Å². The summed E-state index contributed by atoms with van der Waals surface area (Å²) in [6.07, 6.45) is 4.96. The molecular formula is C22H25ClN2O5S. The van der Waals surface area contributed by atoms with E-state index in [1.807, 2.05) is 0 Å². The van der Waals surface area contributed by atoms with Crippen LogP contribution in [0.2, 0.25) is 5.02 Å². The van der Waals surface area contributed by atoms with Crippen LogP contribution in [0.4, 0.5) is 5.69 Å². The van der Waals surface area contributed by atoms with Gasteiger partial charge in [0.1, 0.15) is 0 Å². The number of anilines is 1. The molecule has 166 valence electrons. The average molecular weight is 465 g/mol. The van der Waals surface area contributed by atoms with E-state index in [1.54, 1.807) is 32.0 Å². The second-order valence-corrected chi connectivity index (χ2v) is 10.3. The number of hydrogen-bond acceptors (Lipinski definition) is 5. The van der Waals surface area contributed by atoms with Crippen molar-refractivity contribution in [2.45, 2.75) is 62.7 Å². The SMILES string of the molecule is CC(C)NS(=O)(=O)c1ccc(Cl)c(C(=O)Nc2ccc3c(c2)OC2(CCCCC2)O3)c1. The molecule has 1 fully saturated rings. The summed E-state index contributed by atoms with van der Waals surface area (Å²) in [4.78, 5) is 12.8. The molecule has 0 bridgehead atoms. The second kappa shape index (κ2) is 8.33. The number of ether oxygens (including phenoxy) is 2. The van der Waals surface area contributed by atoms with E-state index in [9.17, 15) is 13.2 Å². The van der Waals surface area contributed by atoms with Crippen molar-refractivity contribution in [1.29, 1.82) is 0 Å². The predicted octanol–water partition coefficient (Wildman–Crippen LogP) is 4.71. The summed E-state index contributed by atoms with van der Waals surface area (Å²) in [7, 11) is -3.75. The van der Waals surface area contributed by atoms with Gasteiger partial charge in [-0.25, -0.2) is 13.1 Å². The van der Waals surface area contributed by atoms with Crippen LogP contribution < -0.4 is 19.5 Å². The predicted molar refractivity (Wildman–Crippen MR) is 118 cm³/mol. The number of nitrogens with one attached hydrogen (secondary N) is 2. The molecule has 1 saturated carbocycles. The van der Waals surface area contributed by atoms with Crippen LogP contribution in [-0.2, 0) is 10.0 Å². The van der Waals surface area contributed by atoms with Gasteiger partial charge in [0, 0.05) is 30.6 Å². The Hall–Kier alpha value is -2.29. The van der Waals surface area contributed by atoms with E-state index in [2.05, 4.69) is 10.0 Å². The molecule has 7 nitrogen and oxygen atoms in total. The number of carbonyl (C=O) groups is 1. The van der Waals surface area contributed by atoms with Crippen molar-refractivity contribution < 1.29 is 22.7 Å². The quantitative estimate of drug-likeness (QED) is 0.668. The van der Waals surface area contributed by atoms with Gasteiger partial charge in [-0.05, 0) is 57.0 Å². The Labute approximate surface area is 187 Å². The summed E-state index contributed by atoms with van der Waals surface area (Å²) in [6, 6.07) is 8.96. The normalized spacial score (nSPS) is 17.2. The fraction of sp³-hybridized carbons (Fsp3) is 0.409. The zero-order chi connectivity index (χ0) is 22.2. The monoisotopic (exact) mass is 464 g/mol. The maximum absolute atomic E-state index is 12.8. The lowest BCUT2D eigenvalue weighted by atomic mass is 9.94. The minimum Gasteiger partial charge on any atom is -0.448 e. The van der Waals surface area contributed by atoms with Gasteiger partial charge in [-0.1, -0.05) is 18.0 Å². The number of sulfonamides is 1. The smallest absolute Gasteiger partial charge is 0.257 e. The summed E-state index contributed by atoms with van der Waals surface area (Å²) < 4.78 is 39.5. The number of benzene rings is 2. The van der Waals surface area contributed by atoms with Gasteiger partial charge in [-0.15, -0.1) is 0 Å². The molecule has 31 heavy (non-hydrogen) atoms. The van der Waals surface area contributed by atoms with Crippen LogP contribution in [0.5, 0.6) is 11.5 Å². The summed E-state index contributed by atoms with van der Waals surface area (Å²) >= 11 is 6.18. The van der Waals surface area contributed by atoms with Crippen molar-refractivity contribution >= 4 is 33.2 Å². The van der Waals surface area contributed by atoms with Crippen LogP contribution >= 0.6 is 11.6 Å². The van der Waals surface area contributed by atoms with Gasteiger partial charge in [0.05, 0.1) is 15.5 Å². The number of rotatable bonds is 5. The van der Waals surface area contributed by atoms with E-state index >= 15 is 0 Å². The fourth-order valence-electron chi connectivity index (χ4n) is 3.89. The van der Waals surface area contributed by atoms with Gasteiger partial charge in [0.25, 0.3) is 11.7 Å². The van der Waals surface area contributed by atoms with Crippen molar-refractivity contribution in [2.24, 2.45) is 0 Å². The Morgan fingerprint density at radius 1 is 1.03 bits per heavy atom. The second-order valence-electron chi connectivity index (χ2n) is 8.21. The first-order valence-corrected chi connectivity index (χ1v) is 12.2. The molecule has 1 aliphatic carbocycles. The molecule has 2 aliphatic rings. The lowest BCUT2D eigenvalue weighted by molar-refractivity contribution is -0.105. The van der Waals surface area contributed by atoms with Crippen LogP contribution in [0.3, 0.4) is 0 Å². The fourth-order valence-corrected chi connectivity index (χ4v) is 5.37. The molecule has 0 unspecified atom stereocenters. The van der Waals surface area contributed by atoms with Crippen LogP contribution in [0.15, 0.2) is 41.3 Å². The Morgan fingerprint density at radius 2 is 1.74 bits per heavy atom. The number of hydrogen-bond donors (Lipinski definition) is 2. The van der Waals surface area contributed by atoms with Crippen LogP contribution in [0.1, 0.15) is 56.3 Å². The van der Waals surface area contributed by atoms with E-state index in [4.69, 9.17) is 21.1 Å². The minimum absolute atomic E-state index is 0.0272. The van der Waals surface area contributed by atoms with Gasteiger partial charge >= 0.3 is 0 Å². The maximum atomic E-state index is 12.8. The lowest BCUT2D eigenvalue weighted by Crippen LogP contribution is -2.40. The highest BCUT2D eigenvalue weighted by Crippen LogP contribution is 2.46. The van der Waals surface area contributed by atoms with Crippen molar-refractivity contribution in [1.82, 2.24) is 4.72 Å². The molecule has 9 heteroatoms. The average Bonchev–Trinajstić information content (AvgIpc) is 3.04. The third kappa shape index (κ3) is 4.66. The zero-order valence-corrected chi connectivity index (χ0v) is 19.0. The Morgan fingerprint density at radius 3 is 2.45 bits per heavy atom. The third-order valence-electron chi connectivity index (χ3n) is 5.29. The van der Waals surface area contributed by atoms with Crippen molar-refractivity contribution in [3.05, 3.63) is 47.0 Å². The first-order valence-electron chi connectivity index (χ1n) is 10.3. The minimum atomic E-state index is -3.75. The largest absolute Gasteiger partial charge is 0.448 e. The van der Waals surface area contributed by atoms with Gasteiger partial charge in [-0.2, -0.15) is 0 Å². The maximum Gasteiger partial charge on any atom is 0.257 e. The summed E-state index contributed by atoms with van der Waals surface area (Å²) in [5, 5.41) is 2.92. The summed E-state index contributed by atoms with van der Waals surface area (Å²) in [5.41, 5.74) is 0.569. The lowest BCUT2D eigenvalue weighted by Gasteiger charge is -2.31. The zero-order valence-electron chi connectivity index (χ0n) is 17.4. The molecule has 1 heterocycles. The van der Waals surface area contributed by atoms with Crippen molar-refractivity contribution in [2.75, 3.05) is 5.32 Å². The number of amides is 1. The summed E-state index contributed by atoms with van der Waals surface area (Å²) in [5.74, 6) is 0.130. The molecular weight excluding hydrogens is 440 g/mol. The third-order valence-corrected chi connectivity index (χ3v) is 7.28. The van der Waals surface area contributed by atoms with E-state index in [1.165, 1.54) is 24.6 Å². The van der Waals surface area contributed by atoms with Crippen LogP contribution in [0.25, 0.3) is 0 Å². The van der Waals surface area contributed by atoms with Gasteiger partial charge in [0.15, 0.2) is 11.5 Å². The molecule has 2 aromatic carbocycles. The van der Waals surface area contributed by atoms with Crippen molar-refractivity contribution in [3.63, 3.8) is 0 Å². The highest BCUT2D eigenvalue weighted by Gasteiger charge is 2.42. The van der Waals surface area contributed by atoms with E-state index in [-0.39, 0.29) is 21.5 Å². The molecule has 0 aromatic heterocycles. The molecule has 1 amide bonds. The van der Waals surface area contributed by atoms with Crippen molar-refractivity contribution in [3.8, 4) is 11.5 Å².